The topological polar surface area (TPSA) is 87.2 Å². The van der Waals surface area contributed by atoms with Crippen molar-refractivity contribution in [2.45, 2.75) is 51.9 Å². The molecule has 1 atom stereocenters. The molecule has 0 spiro atoms. The van der Waals surface area contributed by atoms with Crippen molar-refractivity contribution in [3.05, 3.63) is 0 Å². The number of carboxylic acid groups (broad SMARTS) is 1. The van der Waals surface area contributed by atoms with Crippen LogP contribution in [0, 0.1) is 11.8 Å². The lowest BCUT2D eigenvalue weighted by Crippen LogP contribution is -2.41. The van der Waals surface area contributed by atoms with Crippen LogP contribution in [-0.2, 0) is 14.3 Å². The molecule has 1 amide bonds. The molecule has 1 saturated heterocycles. The number of unbranched alkanes of at least 4 members (excludes halogenated alkanes) is 1. The van der Waals surface area contributed by atoms with Crippen LogP contribution in [0.4, 0.5) is 4.79 Å². The highest BCUT2D eigenvalue weighted by molar-refractivity contribution is 5.71. The Morgan fingerprint density at radius 1 is 1.31 bits per heavy atom. The number of carbonyl (C=O) groups is 3. The average molecular weight is 370 g/mol. The number of hydrogen-bond acceptors (Lipinski definition) is 5. The Morgan fingerprint density at radius 3 is 2.58 bits per heavy atom. The second kappa shape index (κ2) is 12.7. The van der Waals surface area contributed by atoms with Crippen LogP contribution in [0.15, 0.2) is 0 Å². The Bertz CT molecular complexity index is 436. The van der Waals surface area contributed by atoms with Crippen molar-refractivity contribution >= 4 is 18.3 Å². The number of aldehydes is 1. The number of nitrogens with zero attached hydrogens (tertiary/aromatic N) is 2. The average Bonchev–Trinajstić information content (AvgIpc) is 2.61. The molecule has 0 aliphatic carbocycles. The van der Waals surface area contributed by atoms with E-state index in [0.29, 0.717) is 18.9 Å². The van der Waals surface area contributed by atoms with Crippen LogP contribution < -0.4 is 0 Å². The Balaban J connectivity index is 2.18. The number of hydrogen-bond donors (Lipinski definition) is 1. The lowest BCUT2D eigenvalue weighted by molar-refractivity contribution is -0.139. The molecule has 7 heteroatoms. The molecule has 1 fully saturated rings. The largest absolute Gasteiger partial charge is 0.481 e. The molecule has 1 unspecified atom stereocenters. The number of aliphatic carboxylic acids is 1. The van der Waals surface area contributed by atoms with Crippen LogP contribution in [0.3, 0.4) is 0 Å². The van der Waals surface area contributed by atoms with Crippen molar-refractivity contribution in [3.8, 4) is 0 Å². The molecule has 1 N–H and O–H groups in total. The first-order valence-electron chi connectivity index (χ1n) is 9.73. The van der Waals surface area contributed by atoms with E-state index >= 15 is 0 Å². The van der Waals surface area contributed by atoms with E-state index in [0.717, 1.165) is 64.6 Å². The molecule has 1 aliphatic rings. The van der Waals surface area contributed by atoms with Crippen LogP contribution in [0.5, 0.6) is 0 Å². The van der Waals surface area contributed by atoms with E-state index in [1.165, 1.54) is 0 Å². The summed E-state index contributed by atoms with van der Waals surface area (Å²) in [6.45, 7) is 5.87. The van der Waals surface area contributed by atoms with Gasteiger partial charge in [-0.05, 0) is 51.6 Å². The summed E-state index contributed by atoms with van der Waals surface area (Å²) < 4.78 is 5.26. The monoisotopic (exact) mass is 370 g/mol. The summed E-state index contributed by atoms with van der Waals surface area (Å²) in [6.07, 6.45) is 5.78. The molecule has 1 aliphatic heterocycles. The zero-order valence-electron chi connectivity index (χ0n) is 16.2. The lowest BCUT2D eigenvalue weighted by atomic mass is 9.96. The maximum atomic E-state index is 11.9. The van der Waals surface area contributed by atoms with Gasteiger partial charge in [0.2, 0.25) is 0 Å². The van der Waals surface area contributed by atoms with Gasteiger partial charge in [0.15, 0.2) is 0 Å². The first-order valence-corrected chi connectivity index (χ1v) is 9.73. The maximum Gasteiger partial charge on any atom is 0.409 e. The molecule has 150 valence electrons. The normalized spacial score (nSPS) is 16.5. The fraction of sp³-hybridized carbons (Fsp3) is 0.842. The molecule has 0 radical (unpaired) electrons. The molecule has 0 aromatic carbocycles. The molecule has 0 aromatic rings. The molecular weight excluding hydrogens is 336 g/mol. The Hall–Kier alpha value is -1.63. The summed E-state index contributed by atoms with van der Waals surface area (Å²) in [4.78, 5) is 37.5. The van der Waals surface area contributed by atoms with Gasteiger partial charge in [-0.25, -0.2) is 4.79 Å². The first-order chi connectivity index (χ1) is 12.5. The summed E-state index contributed by atoms with van der Waals surface area (Å²) >= 11 is 0. The van der Waals surface area contributed by atoms with E-state index in [-0.39, 0.29) is 18.4 Å². The smallest absolute Gasteiger partial charge is 0.409 e. The summed E-state index contributed by atoms with van der Waals surface area (Å²) in [6, 6.07) is 0. The van der Waals surface area contributed by atoms with Crippen LogP contribution in [0.25, 0.3) is 0 Å². The SMILES string of the molecule is CCCCOC(=O)N1CCC(CN(C)CCCC(C=O)CC(=O)O)CC1. The number of carbonyl (C=O) groups excluding carboxylic acids is 2. The number of piperidine rings is 1. The van der Waals surface area contributed by atoms with Gasteiger partial charge < -0.3 is 24.4 Å². The highest BCUT2D eigenvalue weighted by Gasteiger charge is 2.24. The van der Waals surface area contributed by atoms with Gasteiger partial charge in [-0.15, -0.1) is 0 Å². The Kier molecular flexibility index (Phi) is 10.9. The number of amides is 1. The van der Waals surface area contributed by atoms with E-state index < -0.39 is 5.97 Å². The van der Waals surface area contributed by atoms with Crippen molar-refractivity contribution in [2.75, 3.05) is 39.8 Å². The number of ether oxygens (including phenoxy) is 1. The van der Waals surface area contributed by atoms with E-state index in [9.17, 15) is 14.4 Å². The third kappa shape index (κ3) is 9.17. The van der Waals surface area contributed by atoms with Gasteiger partial charge in [-0.1, -0.05) is 13.3 Å². The highest BCUT2D eigenvalue weighted by Crippen LogP contribution is 2.19. The predicted octanol–water partition coefficient (Wildman–Crippen LogP) is 2.64. The van der Waals surface area contributed by atoms with Crippen LogP contribution in [-0.4, -0.2) is 73.1 Å². The number of likely N-dealkylation sites (tertiary alicyclic amines) is 1. The number of rotatable bonds is 12. The van der Waals surface area contributed by atoms with Crippen molar-refractivity contribution < 1.29 is 24.2 Å². The predicted molar refractivity (Wildman–Crippen MR) is 99.1 cm³/mol. The van der Waals surface area contributed by atoms with Crippen molar-refractivity contribution in [1.29, 1.82) is 0 Å². The molecule has 26 heavy (non-hydrogen) atoms. The third-order valence-corrected chi connectivity index (χ3v) is 4.91. The Labute approximate surface area is 156 Å². The fourth-order valence-corrected chi connectivity index (χ4v) is 3.29. The van der Waals surface area contributed by atoms with Crippen LogP contribution in [0.2, 0.25) is 0 Å². The summed E-state index contributed by atoms with van der Waals surface area (Å²) in [7, 11) is 2.05. The van der Waals surface area contributed by atoms with Crippen LogP contribution >= 0.6 is 0 Å². The standard InChI is InChI=1S/C19H34N2O5/c1-3-4-12-26-19(25)21-10-7-16(8-11-21)14-20(2)9-5-6-17(15-22)13-18(23)24/h15-17H,3-14H2,1-2H3,(H,23,24). The van der Waals surface area contributed by atoms with E-state index in [1.807, 2.05) is 0 Å². The van der Waals surface area contributed by atoms with Gasteiger partial charge in [0, 0.05) is 25.6 Å². The third-order valence-electron chi connectivity index (χ3n) is 4.91. The summed E-state index contributed by atoms with van der Waals surface area (Å²) in [5, 5.41) is 8.75. The first kappa shape index (κ1) is 22.4. The Morgan fingerprint density at radius 2 is 2.00 bits per heavy atom. The van der Waals surface area contributed by atoms with Crippen molar-refractivity contribution in [2.24, 2.45) is 11.8 Å². The van der Waals surface area contributed by atoms with E-state index in [1.54, 1.807) is 4.90 Å². The molecule has 0 bridgehead atoms. The minimum absolute atomic E-state index is 0.0833. The quantitative estimate of drug-likeness (QED) is 0.420. The minimum Gasteiger partial charge on any atom is -0.481 e. The van der Waals surface area contributed by atoms with Gasteiger partial charge in [0.1, 0.15) is 6.29 Å². The van der Waals surface area contributed by atoms with Crippen molar-refractivity contribution in [1.82, 2.24) is 9.80 Å². The maximum absolute atomic E-state index is 11.9. The summed E-state index contributed by atoms with van der Waals surface area (Å²) in [5.41, 5.74) is 0. The van der Waals surface area contributed by atoms with Gasteiger partial charge >= 0.3 is 12.1 Å². The zero-order chi connectivity index (χ0) is 19.4. The molecule has 1 heterocycles. The van der Waals surface area contributed by atoms with Crippen molar-refractivity contribution in [3.63, 3.8) is 0 Å². The second-order valence-electron chi connectivity index (χ2n) is 7.30. The lowest BCUT2D eigenvalue weighted by Gasteiger charge is -2.33. The summed E-state index contributed by atoms with van der Waals surface area (Å²) in [5.74, 6) is -0.751. The molecular formula is C19H34N2O5. The number of carboxylic acids is 1. The molecule has 0 aromatic heterocycles. The van der Waals surface area contributed by atoms with E-state index in [2.05, 4.69) is 18.9 Å². The van der Waals surface area contributed by atoms with E-state index in [4.69, 9.17) is 9.84 Å². The molecule has 1 rings (SSSR count). The van der Waals surface area contributed by atoms with Gasteiger partial charge in [0.25, 0.3) is 0 Å². The van der Waals surface area contributed by atoms with Gasteiger partial charge in [-0.2, -0.15) is 0 Å². The van der Waals surface area contributed by atoms with Crippen LogP contribution in [0.1, 0.15) is 51.9 Å². The second-order valence-corrected chi connectivity index (χ2v) is 7.30. The minimum atomic E-state index is -0.921. The van der Waals surface area contributed by atoms with Gasteiger partial charge in [-0.3, -0.25) is 4.79 Å². The zero-order valence-corrected chi connectivity index (χ0v) is 16.2. The fourth-order valence-electron chi connectivity index (χ4n) is 3.29. The molecule has 0 saturated carbocycles. The molecule has 7 nitrogen and oxygen atoms in total. The van der Waals surface area contributed by atoms with Gasteiger partial charge in [0.05, 0.1) is 13.0 Å². The highest BCUT2D eigenvalue weighted by atomic mass is 16.6.